The van der Waals surface area contributed by atoms with Gasteiger partial charge in [0.2, 0.25) is 5.91 Å². The molecule has 0 saturated heterocycles. The van der Waals surface area contributed by atoms with E-state index in [0.717, 1.165) is 23.1 Å². The van der Waals surface area contributed by atoms with E-state index in [4.69, 9.17) is 11.6 Å². The highest BCUT2D eigenvalue weighted by atomic mass is 79.9. The van der Waals surface area contributed by atoms with E-state index in [0.29, 0.717) is 11.4 Å². The highest BCUT2D eigenvalue weighted by Crippen LogP contribution is 2.25. The van der Waals surface area contributed by atoms with Gasteiger partial charge in [0, 0.05) is 16.6 Å². The average molecular weight is 306 g/mol. The number of carbonyl (C=O) groups excluding carboxylic acids is 1. The Morgan fingerprint density at radius 2 is 2.25 bits per heavy atom. The first-order chi connectivity index (χ1) is 7.63. The van der Waals surface area contributed by atoms with Crippen molar-refractivity contribution < 1.29 is 4.79 Å². The zero-order chi connectivity index (χ0) is 12.0. The van der Waals surface area contributed by atoms with Crippen LogP contribution in [0.25, 0.3) is 0 Å². The zero-order valence-corrected chi connectivity index (χ0v) is 11.4. The third-order valence-corrected chi connectivity index (χ3v) is 3.27. The largest absolute Gasteiger partial charge is 0.326 e. The molecule has 0 aliphatic heterocycles. The van der Waals surface area contributed by atoms with Crippen LogP contribution in [0.1, 0.15) is 12.8 Å². The number of nitrogens with one attached hydrogen (secondary N) is 2. The fraction of sp³-hybridized carbons (Fsp3) is 0.364. The third kappa shape index (κ3) is 4.51. The number of hydrogen-bond donors (Lipinski definition) is 2. The monoisotopic (exact) mass is 304 g/mol. The lowest BCUT2D eigenvalue weighted by Crippen LogP contribution is -2.15. The standard InChI is InChI=1S/C11H14BrClN2O/c1-14-6-2-3-11(16)15-8-4-5-9(12)10(13)7-8/h4-5,7,14H,2-3,6H2,1H3,(H,15,16). The molecule has 0 aliphatic carbocycles. The van der Waals surface area contributed by atoms with Gasteiger partial charge in [-0.05, 0) is 54.1 Å². The first-order valence-electron chi connectivity index (χ1n) is 5.03. The van der Waals surface area contributed by atoms with Crippen LogP contribution in [0.2, 0.25) is 5.02 Å². The van der Waals surface area contributed by atoms with Crippen molar-refractivity contribution in [3.05, 3.63) is 27.7 Å². The normalized spacial score (nSPS) is 10.2. The quantitative estimate of drug-likeness (QED) is 0.821. The Hall–Kier alpha value is -0.580. The lowest BCUT2D eigenvalue weighted by Gasteiger charge is -2.06. The highest BCUT2D eigenvalue weighted by Gasteiger charge is 2.03. The molecule has 1 rings (SSSR count). The van der Waals surface area contributed by atoms with Crippen LogP contribution in [0.15, 0.2) is 22.7 Å². The van der Waals surface area contributed by atoms with Gasteiger partial charge in [-0.25, -0.2) is 0 Å². The lowest BCUT2D eigenvalue weighted by atomic mass is 10.2. The molecule has 1 aromatic carbocycles. The molecule has 0 heterocycles. The van der Waals surface area contributed by atoms with E-state index in [1.807, 2.05) is 19.2 Å². The van der Waals surface area contributed by atoms with E-state index >= 15 is 0 Å². The first kappa shape index (κ1) is 13.5. The van der Waals surface area contributed by atoms with Gasteiger partial charge in [-0.3, -0.25) is 4.79 Å². The van der Waals surface area contributed by atoms with Crippen LogP contribution in [0.3, 0.4) is 0 Å². The number of halogens is 2. The second-order valence-corrected chi connectivity index (χ2v) is 4.65. The van der Waals surface area contributed by atoms with Crippen molar-refractivity contribution in [2.75, 3.05) is 18.9 Å². The fourth-order valence-corrected chi connectivity index (χ4v) is 1.65. The second-order valence-electron chi connectivity index (χ2n) is 3.38. The third-order valence-electron chi connectivity index (χ3n) is 2.03. The van der Waals surface area contributed by atoms with Crippen LogP contribution >= 0.6 is 27.5 Å². The summed E-state index contributed by atoms with van der Waals surface area (Å²) in [5, 5.41) is 6.38. The molecule has 1 amide bonds. The predicted molar refractivity (Wildman–Crippen MR) is 70.9 cm³/mol. The maximum Gasteiger partial charge on any atom is 0.224 e. The van der Waals surface area contributed by atoms with E-state index in [2.05, 4.69) is 26.6 Å². The summed E-state index contributed by atoms with van der Waals surface area (Å²) in [6, 6.07) is 5.35. The molecule has 0 spiro atoms. The van der Waals surface area contributed by atoms with E-state index < -0.39 is 0 Å². The van der Waals surface area contributed by atoms with E-state index in [1.165, 1.54) is 0 Å². The Labute approximate surface area is 109 Å². The molecule has 0 saturated carbocycles. The topological polar surface area (TPSA) is 41.1 Å². The number of rotatable bonds is 5. The SMILES string of the molecule is CNCCCC(=O)Nc1ccc(Br)c(Cl)c1. The molecule has 0 atom stereocenters. The minimum absolute atomic E-state index is 0.00800. The molecule has 5 heteroatoms. The summed E-state index contributed by atoms with van der Waals surface area (Å²) in [6.45, 7) is 0.842. The minimum Gasteiger partial charge on any atom is -0.326 e. The Kier molecular flexibility index (Phi) is 5.80. The number of benzene rings is 1. The van der Waals surface area contributed by atoms with Crippen molar-refractivity contribution in [2.45, 2.75) is 12.8 Å². The zero-order valence-electron chi connectivity index (χ0n) is 9.02. The van der Waals surface area contributed by atoms with Gasteiger partial charge in [-0.15, -0.1) is 0 Å². The van der Waals surface area contributed by atoms with E-state index in [9.17, 15) is 4.79 Å². The van der Waals surface area contributed by atoms with Crippen molar-refractivity contribution in [3.8, 4) is 0 Å². The summed E-state index contributed by atoms with van der Waals surface area (Å²) in [6.07, 6.45) is 1.33. The minimum atomic E-state index is 0.00800. The molecule has 88 valence electrons. The first-order valence-corrected chi connectivity index (χ1v) is 6.20. The number of carbonyl (C=O) groups is 1. The van der Waals surface area contributed by atoms with Crippen LogP contribution in [-0.2, 0) is 4.79 Å². The van der Waals surface area contributed by atoms with Gasteiger partial charge in [0.05, 0.1) is 5.02 Å². The second kappa shape index (κ2) is 6.89. The molecule has 0 fully saturated rings. The Morgan fingerprint density at radius 3 is 2.88 bits per heavy atom. The molecule has 16 heavy (non-hydrogen) atoms. The highest BCUT2D eigenvalue weighted by molar-refractivity contribution is 9.10. The smallest absolute Gasteiger partial charge is 0.224 e. The maximum atomic E-state index is 11.5. The van der Waals surface area contributed by atoms with Crippen LogP contribution < -0.4 is 10.6 Å². The Balaban J connectivity index is 2.46. The van der Waals surface area contributed by atoms with Crippen LogP contribution in [0.4, 0.5) is 5.69 Å². The van der Waals surface area contributed by atoms with Gasteiger partial charge in [0.15, 0.2) is 0 Å². The molecule has 0 aromatic heterocycles. The van der Waals surface area contributed by atoms with Gasteiger partial charge in [0.25, 0.3) is 0 Å². The fourth-order valence-electron chi connectivity index (χ4n) is 1.22. The molecular weight excluding hydrogens is 291 g/mol. The van der Waals surface area contributed by atoms with Gasteiger partial charge >= 0.3 is 0 Å². The summed E-state index contributed by atoms with van der Waals surface area (Å²) in [7, 11) is 1.87. The van der Waals surface area contributed by atoms with Crippen LogP contribution in [0.5, 0.6) is 0 Å². The van der Waals surface area contributed by atoms with Crippen LogP contribution in [-0.4, -0.2) is 19.5 Å². The van der Waals surface area contributed by atoms with Gasteiger partial charge < -0.3 is 10.6 Å². The summed E-state index contributed by atoms with van der Waals surface area (Å²) in [5.41, 5.74) is 0.725. The van der Waals surface area contributed by atoms with Crippen molar-refractivity contribution >= 4 is 39.1 Å². The molecular formula is C11H14BrClN2O. The van der Waals surface area contributed by atoms with E-state index in [1.54, 1.807) is 6.07 Å². The Bertz CT molecular complexity index is 371. The van der Waals surface area contributed by atoms with Gasteiger partial charge in [-0.2, -0.15) is 0 Å². The predicted octanol–water partition coefficient (Wildman–Crippen LogP) is 3.04. The molecule has 2 N–H and O–H groups in total. The van der Waals surface area contributed by atoms with Crippen molar-refractivity contribution in [3.63, 3.8) is 0 Å². The van der Waals surface area contributed by atoms with Crippen molar-refractivity contribution in [2.24, 2.45) is 0 Å². The molecule has 0 unspecified atom stereocenters. The Morgan fingerprint density at radius 1 is 1.50 bits per heavy atom. The molecule has 1 aromatic rings. The summed E-state index contributed by atoms with van der Waals surface area (Å²) in [4.78, 5) is 11.5. The molecule has 3 nitrogen and oxygen atoms in total. The van der Waals surface area contributed by atoms with Gasteiger partial charge in [0.1, 0.15) is 0 Å². The summed E-state index contributed by atoms with van der Waals surface area (Å²) < 4.78 is 0.822. The van der Waals surface area contributed by atoms with Gasteiger partial charge in [-0.1, -0.05) is 11.6 Å². The molecule has 0 aliphatic rings. The summed E-state index contributed by atoms with van der Waals surface area (Å²) >= 11 is 9.21. The van der Waals surface area contributed by atoms with Crippen molar-refractivity contribution in [1.82, 2.24) is 5.32 Å². The van der Waals surface area contributed by atoms with E-state index in [-0.39, 0.29) is 5.91 Å². The maximum absolute atomic E-state index is 11.5. The summed E-state index contributed by atoms with van der Waals surface area (Å²) in [5.74, 6) is 0.00800. The van der Waals surface area contributed by atoms with Crippen molar-refractivity contribution in [1.29, 1.82) is 0 Å². The van der Waals surface area contributed by atoms with Crippen LogP contribution in [0, 0.1) is 0 Å². The lowest BCUT2D eigenvalue weighted by molar-refractivity contribution is -0.116. The number of anilines is 1. The molecule has 0 bridgehead atoms. The average Bonchev–Trinajstić information content (AvgIpc) is 2.24. The molecule has 0 radical (unpaired) electrons. The number of hydrogen-bond acceptors (Lipinski definition) is 2. The number of amides is 1.